The Morgan fingerprint density at radius 3 is 2.33 bits per heavy atom. The highest BCUT2D eigenvalue weighted by atomic mass is 16.5. The van der Waals surface area contributed by atoms with Crippen molar-refractivity contribution < 1.29 is 4.74 Å². The first-order valence-electron chi connectivity index (χ1n) is 7.27. The highest BCUT2D eigenvalue weighted by Crippen LogP contribution is 2.20. The molecule has 18 heavy (non-hydrogen) atoms. The summed E-state index contributed by atoms with van der Waals surface area (Å²) in [6.45, 7) is 8.40. The highest BCUT2D eigenvalue weighted by Gasteiger charge is 2.07. The van der Waals surface area contributed by atoms with Crippen molar-refractivity contribution in [3.63, 3.8) is 0 Å². The number of nitrogens with one attached hydrogen (secondary N) is 1. The maximum absolute atomic E-state index is 5.72. The van der Waals surface area contributed by atoms with Crippen molar-refractivity contribution >= 4 is 0 Å². The second-order valence-corrected chi connectivity index (χ2v) is 4.64. The number of benzene rings is 1. The molecule has 1 rings (SSSR count). The van der Waals surface area contributed by atoms with Crippen LogP contribution >= 0.6 is 0 Å². The van der Waals surface area contributed by atoms with E-state index in [1.807, 2.05) is 0 Å². The molecule has 2 heteroatoms. The van der Waals surface area contributed by atoms with Crippen molar-refractivity contribution in [2.45, 2.75) is 52.5 Å². The van der Waals surface area contributed by atoms with Crippen LogP contribution in [0.15, 0.2) is 24.3 Å². The maximum Gasteiger partial charge on any atom is 0.119 e. The minimum atomic E-state index is 0.462. The summed E-state index contributed by atoms with van der Waals surface area (Å²) < 4.78 is 5.72. The van der Waals surface area contributed by atoms with Crippen LogP contribution < -0.4 is 10.1 Å². The topological polar surface area (TPSA) is 21.3 Å². The standard InChI is InChI=1S/C16H27NO/c1-4-7-8-13-18-15-11-9-14(10-12-15)16(5-2)17-6-3/h9-12,16-17H,4-8,13H2,1-3H3. The predicted molar refractivity (Wildman–Crippen MR) is 78.2 cm³/mol. The van der Waals surface area contributed by atoms with Gasteiger partial charge in [0.2, 0.25) is 0 Å². The van der Waals surface area contributed by atoms with E-state index < -0.39 is 0 Å². The van der Waals surface area contributed by atoms with Gasteiger partial charge in [-0.05, 0) is 37.1 Å². The Morgan fingerprint density at radius 1 is 1.06 bits per heavy atom. The van der Waals surface area contributed by atoms with Gasteiger partial charge in [0.1, 0.15) is 5.75 Å². The molecule has 1 aromatic carbocycles. The lowest BCUT2D eigenvalue weighted by atomic mass is 10.0. The summed E-state index contributed by atoms with van der Waals surface area (Å²) in [6.07, 6.45) is 4.75. The molecular weight excluding hydrogens is 222 g/mol. The summed E-state index contributed by atoms with van der Waals surface area (Å²) in [7, 11) is 0. The predicted octanol–water partition coefficient (Wildman–Crippen LogP) is 4.32. The fourth-order valence-electron chi connectivity index (χ4n) is 2.08. The van der Waals surface area contributed by atoms with Crippen molar-refractivity contribution in [2.75, 3.05) is 13.2 Å². The molecule has 0 saturated carbocycles. The van der Waals surface area contributed by atoms with Crippen molar-refractivity contribution in [1.29, 1.82) is 0 Å². The van der Waals surface area contributed by atoms with Gasteiger partial charge in [-0.25, -0.2) is 0 Å². The highest BCUT2D eigenvalue weighted by molar-refractivity contribution is 5.29. The van der Waals surface area contributed by atoms with Gasteiger partial charge < -0.3 is 10.1 Å². The molecule has 0 bridgehead atoms. The van der Waals surface area contributed by atoms with Crippen LogP contribution in [0.4, 0.5) is 0 Å². The van der Waals surface area contributed by atoms with Gasteiger partial charge in [0.05, 0.1) is 6.61 Å². The van der Waals surface area contributed by atoms with Crippen LogP contribution in [0, 0.1) is 0 Å². The van der Waals surface area contributed by atoms with Crippen LogP contribution in [0.2, 0.25) is 0 Å². The van der Waals surface area contributed by atoms with Gasteiger partial charge in [0.15, 0.2) is 0 Å². The number of rotatable bonds is 9. The summed E-state index contributed by atoms with van der Waals surface area (Å²) in [5.41, 5.74) is 1.35. The summed E-state index contributed by atoms with van der Waals surface area (Å²) in [5.74, 6) is 0.987. The zero-order valence-corrected chi connectivity index (χ0v) is 12.0. The Labute approximate surface area is 112 Å². The van der Waals surface area contributed by atoms with E-state index in [4.69, 9.17) is 4.74 Å². The molecule has 0 aliphatic carbocycles. The van der Waals surface area contributed by atoms with E-state index in [1.54, 1.807) is 0 Å². The van der Waals surface area contributed by atoms with Crippen LogP contribution in [0.1, 0.15) is 58.1 Å². The molecule has 1 atom stereocenters. The van der Waals surface area contributed by atoms with E-state index in [0.29, 0.717) is 6.04 Å². The fourth-order valence-corrected chi connectivity index (χ4v) is 2.08. The van der Waals surface area contributed by atoms with Crippen LogP contribution in [-0.2, 0) is 0 Å². The molecule has 0 aliphatic heterocycles. The van der Waals surface area contributed by atoms with Crippen molar-refractivity contribution in [3.05, 3.63) is 29.8 Å². The largest absolute Gasteiger partial charge is 0.494 e. The number of hydrogen-bond acceptors (Lipinski definition) is 2. The third-order valence-electron chi connectivity index (χ3n) is 3.16. The first kappa shape index (κ1) is 15.0. The van der Waals surface area contributed by atoms with Crippen LogP contribution in [0.5, 0.6) is 5.75 Å². The zero-order chi connectivity index (χ0) is 13.2. The molecule has 0 heterocycles. The lowest BCUT2D eigenvalue weighted by Crippen LogP contribution is -2.19. The van der Waals surface area contributed by atoms with Gasteiger partial charge in [0, 0.05) is 6.04 Å². The molecule has 0 saturated heterocycles. The van der Waals surface area contributed by atoms with Crippen LogP contribution in [0.3, 0.4) is 0 Å². The molecule has 1 unspecified atom stereocenters. The van der Waals surface area contributed by atoms with Gasteiger partial charge in [0.25, 0.3) is 0 Å². The van der Waals surface area contributed by atoms with E-state index in [1.165, 1.54) is 18.4 Å². The summed E-state index contributed by atoms with van der Waals surface area (Å²) in [6, 6.07) is 8.98. The van der Waals surface area contributed by atoms with E-state index in [-0.39, 0.29) is 0 Å². The van der Waals surface area contributed by atoms with E-state index in [9.17, 15) is 0 Å². The van der Waals surface area contributed by atoms with Crippen LogP contribution in [0.25, 0.3) is 0 Å². The Hall–Kier alpha value is -1.02. The fraction of sp³-hybridized carbons (Fsp3) is 0.625. The monoisotopic (exact) mass is 249 g/mol. The average Bonchev–Trinajstić information content (AvgIpc) is 2.42. The molecule has 2 nitrogen and oxygen atoms in total. The number of ether oxygens (including phenoxy) is 1. The molecule has 0 fully saturated rings. The molecule has 1 aromatic rings. The first-order chi connectivity index (χ1) is 8.81. The van der Waals surface area contributed by atoms with Gasteiger partial charge in [-0.15, -0.1) is 0 Å². The summed E-state index contributed by atoms with van der Waals surface area (Å²) >= 11 is 0. The lowest BCUT2D eigenvalue weighted by molar-refractivity contribution is 0.306. The lowest BCUT2D eigenvalue weighted by Gasteiger charge is -2.16. The molecular formula is C16H27NO. The van der Waals surface area contributed by atoms with Crippen molar-refractivity contribution in [3.8, 4) is 5.75 Å². The third-order valence-corrected chi connectivity index (χ3v) is 3.16. The number of unbranched alkanes of at least 4 members (excludes halogenated alkanes) is 2. The van der Waals surface area contributed by atoms with Crippen LogP contribution in [-0.4, -0.2) is 13.2 Å². The van der Waals surface area contributed by atoms with E-state index in [2.05, 4.69) is 50.4 Å². The van der Waals surface area contributed by atoms with Gasteiger partial charge >= 0.3 is 0 Å². The zero-order valence-electron chi connectivity index (χ0n) is 12.0. The summed E-state index contributed by atoms with van der Waals surface area (Å²) in [5, 5.41) is 3.49. The molecule has 0 radical (unpaired) electrons. The second kappa shape index (κ2) is 8.98. The first-order valence-corrected chi connectivity index (χ1v) is 7.27. The van der Waals surface area contributed by atoms with E-state index in [0.717, 1.165) is 31.7 Å². The normalized spacial score (nSPS) is 12.4. The van der Waals surface area contributed by atoms with Crippen molar-refractivity contribution in [1.82, 2.24) is 5.32 Å². The molecule has 102 valence electrons. The average molecular weight is 249 g/mol. The van der Waals surface area contributed by atoms with E-state index >= 15 is 0 Å². The second-order valence-electron chi connectivity index (χ2n) is 4.64. The summed E-state index contributed by atoms with van der Waals surface area (Å²) in [4.78, 5) is 0. The molecule has 1 N–H and O–H groups in total. The molecule has 0 aliphatic rings. The Kier molecular flexibility index (Phi) is 7.51. The Balaban J connectivity index is 2.45. The quantitative estimate of drug-likeness (QED) is 0.658. The third kappa shape index (κ3) is 5.09. The van der Waals surface area contributed by atoms with Crippen molar-refractivity contribution in [2.24, 2.45) is 0 Å². The minimum Gasteiger partial charge on any atom is -0.494 e. The van der Waals surface area contributed by atoms with Gasteiger partial charge in [-0.3, -0.25) is 0 Å². The molecule has 0 amide bonds. The Bertz CT molecular complexity index is 307. The smallest absolute Gasteiger partial charge is 0.119 e. The SMILES string of the molecule is CCCCCOc1ccc(C(CC)NCC)cc1. The van der Waals surface area contributed by atoms with Gasteiger partial charge in [-0.1, -0.05) is 45.7 Å². The maximum atomic E-state index is 5.72. The molecule has 0 aromatic heterocycles. The van der Waals surface area contributed by atoms with Gasteiger partial charge in [-0.2, -0.15) is 0 Å². The minimum absolute atomic E-state index is 0.462. The number of hydrogen-bond donors (Lipinski definition) is 1. The Morgan fingerprint density at radius 2 is 1.78 bits per heavy atom. The molecule has 0 spiro atoms.